The third-order valence-corrected chi connectivity index (χ3v) is 3.05. The highest BCUT2D eigenvalue weighted by molar-refractivity contribution is 7.12. The van der Waals surface area contributed by atoms with Crippen molar-refractivity contribution in [2.75, 3.05) is 5.32 Å². The minimum atomic E-state index is -1.18. The molecule has 0 saturated carbocycles. The summed E-state index contributed by atoms with van der Waals surface area (Å²) in [5.74, 6) is -1.52. The van der Waals surface area contributed by atoms with Gasteiger partial charge in [-0.05, 0) is 12.1 Å². The van der Waals surface area contributed by atoms with Gasteiger partial charge in [0.05, 0.1) is 5.02 Å². The van der Waals surface area contributed by atoms with Crippen molar-refractivity contribution < 1.29 is 14.7 Å². The first kappa shape index (κ1) is 12.5. The molecule has 92 valence electrons. The van der Waals surface area contributed by atoms with E-state index in [1.54, 1.807) is 12.1 Å². The number of anilines is 1. The maximum absolute atomic E-state index is 11.7. The van der Waals surface area contributed by atoms with Gasteiger partial charge >= 0.3 is 5.97 Å². The van der Waals surface area contributed by atoms with Gasteiger partial charge in [-0.1, -0.05) is 11.6 Å². The van der Waals surface area contributed by atoms with Gasteiger partial charge in [-0.25, -0.2) is 14.8 Å². The molecule has 18 heavy (non-hydrogen) atoms. The smallest absolute Gasteiger partial charge is 0.355 e. The van der Waals surface area contributed by atoms with Gasteiger partial charge in [0.15, 0.2) is 16.5 Å². The molecule has 0 saturated heterocycles. The van der Waals surface area contributed by atoms with Crippen molar-refractivity contribution in [2.24, 2.45) is 0 Å². The quantitative estimate of drug-likeness (QED) is 0.900. The number of carbonyl (C=O) groups excluding carboxylic acids is 1. The number of hydrogen-bond acceptors (Lipinski definition) is 5. The summed E-state index contributed by atoms with van der Waals surface area (Å²) in [6, 6.07) is 3.21. The first-order valence-corrected chi connectivity index (χ1v) is 5.94. The molecule has 2 aromatic rings. The molecule has 0 aliphatic rings. The van der Waals surface area contributed by atoms with Crippen LogP contribution in [0.15, 0.2) is 23.7 Å². The molecule has 0 atom stereocenters. The number of nitrogens with zero attached hydrogens (tertiary/aromatic N) is 2. The Morgan fingerprint density at radius 1 is 1.44 bits per heavy atom. The van der Waals surface area contributed by atoms with Crippen LogP contribution < -0.4 is 5.32 Å². The first-order chi connectivity index (χ1) is 8.58. The van der Waals surface area contributed by atoms with Crippen molar-refractivity contribution in [2.45, 2.75) is 0 Å². The Kier molecular flexibility index (Phi) is 3.54. The normalized spacial score (nSPS) is 10.1. The summed E-state index contributed by atoms with van der Waals surface area (Å²) in [4.78, 5) is 29.9. The van der Waals surface area contributed by atoms with Gasteiger partial charge < -0.3 is 10.4 Å². The summed E-state index contributed by atoms with van der Waals surface area (Å²) in [6.45, 7) is 0. The maximum Gasteiger partial charge on any atom is 0.355 e. The van der Waals surface area contributed by atoms with Crippen LogP contribution in [0.2, 0.25) is 5.02 Å². The lowest BCUT2D eigenvalue weighted by atomic mass is 10.4. The summed E-state index contributed by atoms with van der Waals surface area (Å²) in [6.07, 6.45) is 1.48. The van der Waals surface area contributed by atoms with Gasteiger partial charge in [0.25, 0.3) is 5.91 Å². The summed E-state index contributed by atoms with van der Waals surface area (Å²) in [5.41, 5.74) is -0.169. The predicted molar refractivity (Wildman–Crippen MR) is 66.3 cm³/mol. The van der Waals surface area contributed by atoms with Crippen molar-refractivity contribution >= 4 is 40.6 Å². The molecule has 0 aromatic carbocycles. The zero-order valence-electron chi connectivity index (χ0n) is 8.75. The molecule has 2 N–H and O–H groups in total. The van der Waals surface area contributed by atoms with Gasteiger partial charge in [-0.2, -0.15) is 0 Å². The second-order valence-corrected chi connectivity index (χ2v) is 4.40. The third-order valence-electron chi connectivity index (χ3n) is 1.91. The highest BCUT2D eigenvalue weighted by Crippen LogP contribution is 2.19. The number of carboxylic acids is 1. The Morgan fingerprint density at radius 3 is 2.83 bits per heavy atom. The Morgan fingerprint density at radius 2 is 2.22 bits per heavy atom. The van der Waals surface area contributed by atoms with Crippen LogP contribution in [0.1, 0.15) is 20.3 Å². The van der Waals surface area contributed by atoms with Crippen molar-refractivity contribution in [3.8, 4) is 0 Å². The zero-order valence-corrected chi connectivity index (χ0v) is 10.3. The molecule has 0 radical (unpaired) electrons. The molecule has 0 spiro atoms. The van der Waals surface area contributed by atoms with Crippen LogP contribution >= 0.6 is 22.9 Å². The number of rotatable bonds is 3. The number of aromatic nitrogens is 2. The summed E-state index contributed by atoms with van der Waals surface area (Å²) < 4.78 is 0. The molecule has 0 bridgehead atoms. The molecule has 2 heterocycles. The number of amides is 1. The highest BCUT2D eigenvalue weighted by Gasteiger charge is 2.16. The van der Waals surface area contributed by atoms with Crippen LogP contribution in [0.4, 0.5) is 5.82 Å². The van der Waals surface area contributed by atoms with Crippen LogP contribution in [0, 0.1) is 0 Å². The van der Waals surface area contributed by atoms with Crippen molar-refractivity contribution in [1.82, 2.24) is 9.97 Å². The number of carboxylic acid groups (broad SMARTS) is 1. The second kappa shape index (κ2) is 5.11. The van der Waals surface area contributed by atoms with E-state index < -0.39 is 11.9 Å². The molecule has 0 aliphatic heterocycles. The first-order valence-electron chi connectivity index (χ1n) is 4.68. The fourth-order valence-corrected chi connectivity index (χ4v) is 1.97. The second-order valence-electron chi connectivity index (χ2n) is 3.13. The van der Waals surface area contributed by atoms with Crippen LogP contribution in [-0.4, -0.2) is 27.0 Å². The van der Waals surface area contributed by atoms with Gasteiger partial charge in [0, 0.05) is 11.6 Å². The molecule has 6 nitrogen and oxygen atoms in total. The summed E-state index contributed by atoms with van der Waals surface area (Å²) in [5, 5.41) is 12.8. The highest BCUT2D eigenvalue weighted by atomic mass is 35.5. The molecule has 0 fully saturated rings. The van der Waals surface area contributed by atoms with Crippen LogP contribution in [0.5, 0.6) is 0 Å². The molecule has 0 unspecified atom stereocenters. The summed E-state index contributed by atoms with van der Waals surface area (Å²) in [7, 11) is 0. The SMILES string of the molecule is O=C(O)c1csc(C(=O)Nc2ncccc2Cl)n1. The average molecular weight is 284 g/mol. The van der Waals surface area contributed by atoms with Crippen LogP contribution in [0.3, 0.4) is 0 Å². The number of pyridine rings is 1. The lowest BCUT2D eigenvalue weighted by molar-refractivity contribution is 0.0691. The van der Waals surface area contributed by atoms with Gasteiger partial charge in [-0.15, -0.1) is 11.3 Å². The molecule has 2 aromatic heterocycles. The molecular weight excluding hydrogens is 278 g/mol. The van der Waals surface area contributed by atoms with Gasteiger partial charge in [0.2, 0.25) is 0 Å². The van der Waals surface area contributed by atoms with E-state index in [4.69, 9.17) is 16.7 Å². The summed E-state index contributed by atoms with van der Waals surface area (Å²) >= 11 is 6.76. The third kappa shape index (κ3) is 2.63. The largest absolute Gasteiger partial charge is 0.476 e. The van der Waals surface area contributed by atoms with E-state index in [0.717, 1.165) is 11.3 Å². The van der Waals surface area contributed by atoms with E-state index in [2.05, 4.69) is 15.3 Å². The molecule has 1 amide bonds. The number of nitrogens with one attached hydrogen (secondary N) is 1. The lowest BCUT2D eigenvalue weighted by Crippen LogP contribution is -2.13. The van der Waals surface area contributed by atoms with Crippen molar-refractivity contribution in [1.29, 1.82) is 0 Å². The number of carbonyl (C=O) groups is 2. The topological polar surface area (TPSA) is 92.2 Å². The van der Waals surface area contributed by atoms with E-state index in [9.17, 15) is 9.59 Å². The average Bonchev–Trinajstić information content (AvgIpc) is 2.81. The van der Waals surface area contributed by atoms with Crippen LogP contribution in [0.25, 0.3) is 0 Å². The monoisotopic (exact) mass is 283 g/mol. The van der Waals surface area contributed by atoms with E-state index in [1.807, 2.05) is 0 Å². The van der Waals surface area contributed by atoms with Crippen molar-refractivity contribution in [3.05, 3.63) is 39.4 Å². The van der Waals surface area contributed by atoms with E-state index >= 15 is 0 Å². The van der Waals surface area contributed by atoms with Gasteiger partial charge in [-0.3, -0.25) is 4.79 Å². The number of thiazole rings is 1. The lowest BCUT2D eigenvalue weighted by Gasteiger charge is -2.02. The number of hydrogen-bond donors (Lipinski definition) is 2. The fraction of sp³-hybridized carbons (Fsp3) is 0. The molecular formula is C10H6ClN3O3S. The standard InChI is InChI=1S/C10H6ClN3O3S/c11-5-2-1-3-12-7(5)14-8(15)9-13-6(4-18-9)10(16)17/h1-4H,(H,16,17)(H,12,14,15). The molecule has 8 heteroatoms. The Bertz CT molecular complexity index is 614. The molecule has 2 rings (SSSR count). The van der Waals surface area contributed by atoms with Crippen LogP contribution in [-0.2, 0) is 0 Å². The Labute approximate surface area is 110 Å². The number of aromatic carboxylic acids is 1. The van der Waals surface area contributed by atoms with Gasteiger partial charge in [0.1, 0.15) is 0 Å². The zero-order chi connectivity index (χ0) is 13.1. The Hall–Kier alpha value is -1.99. The predicted octanol–water partition coefficient (Wildman–Crippen LogP) is 2.14. The van der Waals surface area contributed by atoms with E-state index in [0.29, 0.717) is 5.02 Å². The molecule has 0 aliphatic carbocycles. The number of halogens is 1. The van der Waals surface area contributed by atoms with E-state index in [1.165, 1.54) is 11.6 Å². The minimum absolute atomic E-state index is 0.0362. The maximum atomic E-state index is 11.7. The minimum Gasteiger partial charge on any atom is -0.476 e. The van der Waals surface area contributed by atoms with Crippen molar-refractivity contribution in [3.63, 3.8) is 0 Å². The van der Waals surface area contributed by atoms with E-state index in [-0.39, 0.29) is 16.5 Å². The fourth-order valence-electron chi connectivity index (χ4n) is 1.11. The Balaban J connectivity index is 2.17.